The first-order valence-corrected chi connectivity index (χ1v) is 6.09. The smallest absolute Gasteiger partial charge is 0.294 e. The fourth-order valence-corrected chi connectivity index (χ4v) is 2.42. The molecule has 0 spiro atoms. The molecule has 0 aliphatic carbocycles. The van der Waals surface area contributed by atoms with Crippen LogP contribution in [0, 0.1) is 0 Å². The highest BCUT2D eigenvalue weighted by atomic mass is 16.6. The Morgan fingerprint density at radius 1 is 1.55 bits per heavy atom. The average Bonchev–Trinajstić information content (AvgIpc) is 2.95. The van der Waals surface area contributed by atoms with Crippen LogP contribution in [0.5, 0.6) is 0 Å². The van der Waals surface area contributed by atoms with Crippen molar-refractivity contribution in [1.29, 1.82) is 0 Å². The number of rotatable bonds is 2. The zero-order chi connectivity index (χ0) is 14.5. The molecule has 108 valence electrons. The zero-order valence-electron chi connectivity index (χ0n) is 10.6. The highest BCUT2D eigenvalue weighted by molar-refractivity contribution is 5.70. The number of nitrogens with zero attached hydrogens (tertiary/aromatic N) is 1. The van der Waals surface area contributed by atoms with Gasteiger partial charge in [-0.05, 0) is 6.92 Å². The van der Waals surface area contributed by atoms with Gasteiger partial charge >= 0.3 is 0 Å². The van der Waals surface area contributed by atoms with Crippen LogP contribution in [0.2, 0.25) is 0 Å². The number of nitrogens with one attached hydrogen (secondary N) is 1. The van der Waals surface area contributed by atoms with Gasteiger partial charge in [0.05, 0.1) is 12.9 Å². The highest BCUT2D eigenvalue weighted by Gasteiger charge is 2.53. The van der Waals surface area contributed by atoms with E-state index in [1.807, 2.05) is 0 Å². The molecular formula is C12H14N2O6. The maximum absolute atomic E-state index is 11.8. The number of aromatic amines is 1. The minimum atomic E-state index is -1.68. The van der Waals surface area contributed by atoms with E-state index in [1.54, 1.807) is 0 Å². The van der Waals surface area contributed by atoms with Gasteiger partial charge in [0.1, 0.15) is 35.3 Å². The molecule has 1 unspecified atom stereocenters. The Hall–Kier alpha value is -1.74. The van der Waals surface area contributed by atoms with Crippen LogP contribution in [0.1, 0.15) is 18.9 Å². The number of hydrogen-bond acceptors (Lipinski definition) is 7. The summed E-state index contributed by atoms with van der Waals surface area (Å²) in [7, 11) is 0. The number of ether oxygens (including phenoxy) is 1. The van der Waals surface area contributed by atoms with E-state index >= 15 is 0 Å². The van der Waals surface area contributed by atoms with Crippen LogP contribution in [0.15, 0.2) is 21.5 Å². The third-order valence-electron chi connectivity index (χ3n) is 3.55. The molecule has 1 aliphatic rings. The predicted molar refractivity (Wildman–Crippen MR) is 66.0 cm³/mol. The second kappa shape index (κ2) is 4.38. The van der Waals surface area contributed by atoms with E-state index in [1.165, 1.54) is 19.3 Å². The Kier molecular flexibility index (Phi) is 2.91. The first-order valence-electron chi connectivity index (χ1n) is 6.09. The van der Waals surface area contributed by atoms with Gasteiger partial charge in [0, 0.05) is 6.07 Å². The van der Waals surface area contributed by atoms with Crippen molar-refractivity contribution in [3.8, 4) is 0 Å². The quantitative estimate of drug-likeness (QED) is 0.559. The third-order valence-corrected chi connectivity index (χ3v) is 3.55. The summed E-state index contributed by atoms with van der Waals surface area (Å²) in [6, 6.07) is 1.51. The second-order valence-electron chi connectivity index (χ2n) is 4.99. The van der Waals surface area contributed by atoms with Gasteiger partial charge < -0.3 is 29.5 Å². The topological polar surface area (TPSA) is 129 Å². The minimum Gasteiger partial charge on any atom is -0.457 e. The number of aliphatic hydroxyl groups excluding tert-OH is 2. The van der Waals surface area contributed by atoms with E-state index in [9.17, 15) is 15.0 Å². The molecule has 4 atom stereocenters. The monoisotopic (exact) mass is 282 g/mol. The molecule has 2 aromatic rings. The first-order chi connectivity index (χ1) is 9.45. The van der Waals surface area contributed by atoms with Crippen LogP contribution >= 0.6 is 0 Å². The van der Waals surface area contributed by atoms with E-state index in [2.05, 4.69) is 9.97 Å². The molecule has 3 heterocycles. The van der Waals surface area contributed by atoms with Crippen molar-refractivity contribution in [1.82, 2.24) is 9.97 Å². The molecular weight excluding hydrogens is 268 g/mol. The van der Waals surface area contributed by atoms with Crippen LogP contribution < -0.4 is 5.56 Å². The first kappa shape index (κ1) is 13.3. The number of hydrogen-bond donors (Lipinski definition) is 4. The Balaban J connectivity index is 2.08. The molecule has 0 saturated carbocycles. The lowest BCUT2D eigenvalue weighted by atomic mass is 9.92. The highest BCUT2D eigenvalue weighted by Crippen LogP contribution is 2.40. The molecule has 1 saturated heterocycles. The van der Waals surface area contributed by atoms with E-state index in [4.69, 9.17) is 14.3 Å². The van der Waals surface area contributed by atoms with Crippen LogP contribution in [0.25, 0.3) is 11.1 Å². The van der Waals surface area contributed by atoms with Crippen molar-refractivity contribution < 1.29 is 24.5 Å². The zero-order valence-corrected chi connectivity index (χ0v) is 10.6. The summed E-state index contributed by atoms with van der Waals surface area (Å²) in [6.07, 6.45) is -1.96. The molecule has 20 heavy (non-hydrogen) atoms. The van der Waals surface area contributed by atoms with Crippen molar-refractivity contribution in [2.75, 3.05) is 6.61 Å². The summed E-state index contributed by atoms with van der Waals surface area (Å²) in [4.78, 5) is 18.4. The van der Waals surface area contributed by atoms with Crippen molar-refractivity contribution >= 4 is 11.1 Å². The van der Waals surface area contributed by atoms with Gasteiger partial charge in [0.2, 0.25) is 5.58 Å². The van der Waals surface area contributed by atoms with Crippen LogP contribution in [0.4, 0.5) is 0 Å². The van der Waals surface area contributed by atoms with Crippen molar-refractivity contribution in [3.05, 3.63) is 28.5 Å². The van der Waals surface area contributed by atoms with E-state index in [0.29, 0.717) is 5.52 Å². The van der Waals surface area contributed by atoms with Gasteiger partial charge in [-0.15, -0.1) is 0 Å². The molecule has 2 aromatic heterocycles. The summed E-state index contributed by atoms with van der Waals surface area (Å²) < 4.78 is 10.4. The molecule has 3 rings (SSSR count). The maximum atomic E-state index is 11.8. The minimum absolute atomic E-state index is 0.0731. The van der Waals surface area contributed by atoms with Crippen molar-refractivity contribution in [2.45, 2.75) is 30.8 Å². The molecule has 4 N–H and O–H groups in total. The lowest BCUT2D eigenvalue weighted by Crippen LogP contribution is -2.43. The summed E-state index contributed by atoms with van der Waals surface area (Å²) in [6.45, 7) is 0.906. The van der Waals surface area contributed by atoms with Gasteiger partial charge in [-0.1, -0.05) is 0 Å². The predicted octanol–water partition coefficient (Wildman–Crippen LogP) is -0.940. The van der Waals surface area contributed by atoms with Crippen LogP contribution in [-0.4, -0.2) is 49.7 Å². The number of aromatic nitrogens is 2. The average molecular weight is 282 g/mol. The van der Waals surface area contributed by atoms with Crippen molar-refractivity contribution in [2.24, 2.45) is 0 Å². The standard InChI is InChI=1S/C12H14N2O6/c1-12(18)8(16)6(4-15)20-9(12)10-13-5-2-3-19-7(5)11(17)14-10/h2-3,6,8-9,15-16,18H,4H2,1H3,(H,13,14,17)/t6-,8-,9?,12-/m1/s1. The molecule has 1 fully saturated rings. The van der Waals surface area contributed by atoms with Crippen LogP contribution in [0.3, 0.4) is 0 Å². The number of furan rings is 1. The summed E-state index contributed by atoms with van der Waals surface area (Å²) >= 11 is 0. The van der Waals surface area contributed by atoms with E-state index in [-0.39, 0.29) is 11.4 Å². The van der Waals surface area contributed by atoms with Gasteiger partial charge in [0.15, 0.2) is 0 Å². The lowest BCUT2D eigenvalue weighted by Gasteiger charge is -2.25. The molecule has 8 nitrogen and oxygen atoms in total. The number of aliphatic hydroxyl groups is 3. The van der Waals surface area contributed by atoms with Gasteiger partial charge in [-0.25, -0.2) is 4.98 Å². The molecule has 8 heteroatoms. The normalized spacial score (nSPS) is 33.9. The van der Waals surface area contributed by atoms with Gasteiger partial charge in [0.25, 0.3) is 5.56 Å². The van der Waals surface area contributed by atoms with Gasteiger partial charge in [-0.3, -0.25) is 4.79 Å². The fraction of sp³-hybridized carbons (Fsp3) is 0.500. The Bertz CT molecular complexity index is 691. The van der Waals surface area contributed by atoms with Crippen LogP contribution in [-0.2, 0) is 4.74 Å². The molecule has 0 radical (unpaired) electrons. The summed E-state index contributed by atoms with van der Waals surface area (Å²) in [5.41, 5.74) is -1.78. The second-order valence-corrected chi connectivity index (χ2v) is 4.99. The van der Waals surface area contributed by atoms with E-state index < -0.39 is 36.1 Å². The fourth-order valence-electron chi connectivity index (χ4n) is 2.42. The third kappa shape index (κ3) is 1.77. The molecule has 0 amide bonds. The summed E-state index contributed by atoms with van der Waals surface area (Å²) in [5.74, 6) is 0.0731. The maximum Gasteiger partial charge on any atom is 0.294 e. The number of H-pyrrole nitrogens is 1. The molecule has 0 bridgehead atoms. The molecule has 1 aliphatic heterocycles. The van der Waals surface area contributed by atoms with E-state index in [0.717, 1.165) is 0 Å². The lowest BCUT2D eigenvalue weighted by molar-refractivity contribution is -0.0674. The summed E-state index contributed by atoms with van der Waals surface area (Å²) in [5, 5.41) is 29.4. The van der Waals surface area contributed by atoms with Crippen molar-refractivity contribution in [3.63, 3.8) is 0 Å². The Morgan fingerprint density at radius 3 is 2.95 bits per heavy atom. The number of fused-ring (bicyclic) bond motifs is 1. The Morgan fingerprint density at radius 2 is 2.30 bits per heavy atom. The largest absolute Gasteiger partial charge is 0.457 e. The Labute approximate surface area is 112 Å². The SMILES string of the molecule is C[C@]1(O)C(c2nc3ccoc3c(=O)[nH]2)O[C@H](CO)[C@H]1O. The molecule has 0 aromatic carbocycles. The van der Waals surface area contributed by atoms with Gasteiger partial charge in [-0.2, -0.15) is 0 Å².